The van der Waals surface area contributed by atoms with Gasteiger partial charge in [-0.1, -0.05) is 32.0 Å². The highest BCUT2D eigenvalue weighted by Crippen LogP contribution is 2.22. The highest BCUT2D eigenvalue weighted by atomic mass is 16.1. The molecular formula is C18H25N2O+. The van der Waals surface area contributed by atoms with Crippen LogP contribution in [0.25, 0.3) is 10.9 Å². The van der Waals surface area contributed by atoms with Crippen LogP contribution >= 0.6 is 0 Å². The van der Waals surface area contributed by atoms with Crippen molar-refractivity contribution < 1.29 is 9.69 Å². The minimum absolute atomic E-state index is 0.276. The number of fused-ring (bicyclic) bond motifs is 1. The van der Waals surface area contributed by atoms with Crippen LogP contribution in [0.15, 0.2) is 24.4 Å². The number of rotatable bonds is 4. The Morgan fingerprint density at radius 1 is 1.43 bits per heavy atom. The Hall–Kier alpha value is -1.61. The first-order valence-corrected chi connectivity index (χ1v) is 8.14. The third kappa shape index (κ3) is 2.88. The van der Waals surface area contributed by atoms with Gasteiger partial charge in [0, 0.05) is 28.6 Å². The number of hydrogen-bond donors (Lipinski definition) is 2. The summed E-state index contributed by atoms with van der Waals surface area (Å²) in [6.45, 7) is 7.35. The number of aromatic amines is 1. The third-order valence-electron chi connectivity index (χ3n) is 4.76. The number of aromatic nitrogens is 1. The van der Waals surface area contributed by atoms with Gasteiger partial charge in [0.2, 0.25) is 5.78 Å². The van der Waals surface area contributed by atoms with Gasteiger partial charge in [0.1, 0.15) is 6.54 Å². The SMILES string of the molecule is CCc1cccc2c(C(=O)C[NH+]3CCC[C@@H](C)C3)c[nH]c12. The van der Waals surface area contributed by atoms with Gasteiger partial charge in [-0.3, -0.25) is 4.79 Å². The molecule has 112 valence electrons. The predicted molar refractivity (Wildman–Crippen MR) is 86.0 cm³/mol. The molecule has 2 atom stereocenters. The van der Waals surface area contributed by atoms with Gasteiger partial charge in [0.25, 0.3) is 0 Å². The predicted octanol–water partition coefficient (Wildman–Crippen LogP) is 2.23. The average Bonchev–Trinajstić information content (AvgIpc) is 2.91. The first kappa shape index (κ1) is 14.3. The van der Waals surface area contributed by atoms with Gasteiger partial charge in [-0.15, -0.1) is 0 Å². The monoisotopic (exact) mass is 285 g/mol. The summed E-state index contributed by atoms with van der Waals surface area (Å²) in [6.07, 6.45) is 5.45. The van der Waals surface area contributed by atoms with Crippen LogP contribution in [-0.2, 0) is 6.42 Å². The zero-order valence-corrected chi connectivity index (χ0v) is 13.0. The van der Waals surface area contributed by atoms with E-state index >= 15 is 0 Å². The normalized spacial score (nSPS) is 22.6. The molecule has 2 N–H and O–H groups in total. The molecule has 2 aromatic rings. The maximum Gasteiger partial charge on any atom is 0.219 e. The molecule has 0 radical (unpaired) electrons. The number of aryl methyl sites for hydroxylation is 1. The standard InChI is InChI=1S/C18H24N2O/c1-3-14-7-4-8-15-16(10-19-18(14)15)17(21)12-20-9-5-6-13(2)11-20/h4,7-8,10,13,19H,3,5-6,9,11-12H2,1-2H3/p+1/t13-/m1/s1. The van der Waals surface area contributed by atoms with E-state index in [2.05, 4.69) is 37.0 Å². The van der Waals surface area contributed by atoms with E-state index in [-0.39, 0.29) is 5.78 Å². The van der Waals surface area contributed by atoms with Crippen LogP contribution in [0.2, 0.25) is 0 Å². The number of carbonyl (C=O) groups is 1. The van der Waals surface area contributed by atoms with Crippen LogP contribution in [0, 0.1) is 5.92 Å². The van der Waals surface area contributed by atoms with E-state index in [9.17, 15) is 4.79 Å². The van der Waals surface area contributed by atoms with Gasteiger partial charge < -0.3 is 9.88 Å². The Kier molecular flexibility index (Phi) is 4.11. The number of Topliss-reactive ketones (excluding diaryl/α,β-unsaturated/α-hetero) is 1. The van der Waals surface area contributed by atoms with Crippen LogP contribution in [0.4, 0.5) is 0 Å². The second kappa shape index (κ2) is 6.02. The number of ketones is 1. The van der Waals surface area contributed by atoms with Crippen molar-refractivity contribution in [2.45, 2.75) is 33.1 Å². The van der Waals surface area contributed by atoms with Crippen molar-refractivity contribution in [2.75, 3.05) is 19.6 Å². The van der Waals surface area contributed by atoms with Crippen molar-refractivity contribution in [3.63, 3.8) is 0 Å². The number of hydrogen-bond acceptors (Lipinski definition) is 1. The molecule has 1 unspecified atom stereocenters. The summed E-state index contributed by atoms with van der Waals surface area (Å²) >= 11 is 0. The molecule has 3 rings (SSSR count). The van der Waals surface area contributed by atoms with Crippen LogP contribution in [-0.4, -0.2) is 30.4 Å². The van der Waals surface area contributed by atoms with E-state index < -0.39 is 0 Å². The zero-order valence-electron chi connectivity index (χ0n) is 13.0. The summed E-state index contributed by atoms with van der Waals surface area (Å²) in [5.41, 5.74) is 3.28. The number of H-pyrrole nitrogens is 1. The highest BCUT2D eigenvalue weighted by Gasteiger charge is 2.24. The van der Waals surface area contributed by atoms with Crippen LogP contribution in [0.1, 0.15) is 42.6 Å². The van der Waals surface area contributed by atoms with Gasteiger partial charge in [0.15, 0.2) is 0 Å². The minimum Gasteiger partial charge on any atom is -0.360 e. The Balaban J connectivity index is 1.81. The number of carbonyl (C=O) groups excluding carboxylic acids is 1. The summed E-state index contributed by atoms with van der Waals surface area (Å²) in [5, 5.41) is 1.09. The molecule has 0 amide bonds. The smallest absolute Gasteiger partial charge is 0.219 e. The van der Waals surface area contributed by atoms with E-state index in [1.54, 1.807) is 0 Å². The molecule has 1 aromatic carbocycles. The van der Waals surface area contributed by atoms with E-state index in [4.69, 9.17) is 0 Å². The zero-order chi connectivity index (χ0) is 14.8. The molecule has 1 fully saturated rings. The molecule has 1 aliphatic heterocycles. The maximum absolute atomic E-state index is 12.7. The van der Waals surface area contributed by atoms with Gasteiger partial charge in [-0.2, -0.15) is 0 Å². The van der Waals surface area contributed by atoms with Crippen molar-refractivity contribution in [3.05, 3.63) is 35.5 Å². The summed E-state index contributed by atoms with van der Waals surface area (Å²) in [5.74, 6) is 1.02. The first-order chi connectivity index (χ1) is 10.2. The quantitative estimate of drug-likeness (QED) is 0.831. The topological polar surface area (TPSA) is 37.3 Å². The molecule has 21 heavy (non-hydrogen) atoms. The number of quaternary nitrogens is 1. The molecule has 0 saturated carbocycles. The molecule has 3 heteroatoms. The number of piperidine rings is 1. The lowest BCUT2D eigenvalue weighted by Crippen LogP contribution is -3.14. The Bertz CT molecular complexity index is 644. The van der Waals surface area contributed by atoms with Crippen molar-refractivity contribution >= 4 is 16.7 Å². The third-order valence-corrected chi connectivity index (χ3v) is 4.76. The van der Waals surface area contributed by atoms with E-state index in [0.29, 0.717) is 6.54 Å². The second-order valence-corrected chi connectivity index (χ2v) is 6.45. The molecule has 2 heterocycles. The van der Waals surface area contributed by atoms with Crippen LogP contribution in [0.3, 0.4) is 0 Å². The molecular weight excluding hydrogens is 260 g/mol. The molecule has 1 aliphatic rings. The van der Waals surface area contributed by atoms with Crippen LogP contribution in [0.5, 0.6) is 0 Å². The van der Waals surface area contributed by atoms with E-state index in [0.717, 1.165) is 41.9 Å². The Labute approximate surface area is 126 Å². The fourth-order valence-electron chi connectivity index (χ4n) is 3.62. The number of likely N-dealkylation sites (tertiary alicyclic amines) is 1. The van der Waals surface area contributed by atoms with Crippen molar-refractivity contribution in [1.29, 1.82) is 0 Å². The average molecular weight is 285 g/mol. The summed E-state index contributed by atoms with van der Waals surface area (Å²) in [7, 11) is 0. The second-order valence-electron chi connectivity index (χ2n) is 6.45. The molecule has 1 aromatic heterocycles. The molecule has 0 spiro atoms. The molecule has 1 saturated heterocycles. The first-order valence-electron chi connectivity index (χ1n) is 8.14. The molecule has 3 nitrogen and oxygen atoms in total. The lowest BCUT2D eigenvalue weighted by atomic mass is 9.99. The van der Waals surface area contributed by atoms with Gasteiger partial charge in [0.05, 0.1) is 13.1 Å². The van der Waals surface area contributed by atoms with Crippen molar-refractivity contribution in [3.8, 4) is 0 Å². The Morgan fingerprint density at radius 2 is 2.29 bits per heavy atom. The summed E-state index contributed by atoms with van der Waals surface area (Å²) < 4.78 is 0. The van der Waals surface area contributed by atoms with Gasteiger partial charge in [-0.05, 0) is 24.8 Å². The van der Waals surface area contributed by atoms with Crippen LogP contribution < -0.4 is 4.90 Å². The number of benzene rings is 1. The van der Waals surface area contributed by atoms with E-state index in [1.165, 1.54) is 23.3 Å². The number of nitrogens with one attached hydrogen (secondary N) is 2. The van der Waals surface area contributed by atoms with E-state index in [1.807, 2.05) is 6.20 Å². The number of para-hydroxylation sites is 1. The lowest BCUT2D eigenvalue weighted by Gasteiger charge is -2.27. The fraction of sp³-hybridized carbons (Fsp3) is 0.500. The maximum atomic E-state index is 12.7. The highest BCUT2D eigenvalue weighted by molar-refractivity contribution is 6.08. The molecule has 0 bridgehead atoms. The molecule has 0 aliphatic carbocycles. The summed E-state index contributed by atoms with van der Waals surface area (Å²) in [6, 6.07) is 6.25. The largest absolute Gasteiger partial charge is 0.360 e. The van der Waals surface area contributed by atoms with Crippen molar-refractivity contribution in [1.82, 2.24) is 4.98 Å². The Morgan fingerprint density at radius 3 is 3.05 bits per heavy atom. The minimum atomic E-state index is 0.276. The lowest BCUT2D eigenvalue weighted by molar-refractivity contribution is -0.900. The summed E-state index contributed by atoms with van der Waals surface area (Å²) in [4.78, 5) is 17.4. The van der Waals surface area contributed by atoms with Crippen molar-refractivity contribution in [2.24, 2.45) is 5.92 Å². The van der Waals surface area contributed by atoms with Gasteiger partial charge >= 0.3 is 0 Å². The van der Waals surface area contributed by atoms with Gasteiger partial charge in [-0.25, -0.2) is 0 Å². The fourth-order valence-corrected chi connectivity index (χ4v) is 3.62.